The van der Waals surface area contributed by atoms with Gasteiger partial charge in [-0.15, -0.1) is 0 Å². The molecule has 0 bridgehead atoms. The first kappa shape index (κ1) is 63.9. The highest BCUT2D eigenvalue weighted by atomic mass is 32.1. The fourth-order valence-electron chi connectivity index (χ4n) is 11.5. The fraction of sp³-hybridized carbons (Fsp3) is 0.467. The highest BCUT2D eigenvalue weighted by Gasteiger charge is 2.51. The number of carbonyl (C=O) groups excluding carboxylic acids is 10. The van der Waals surface area contributed by atoms with Gasteiger partial charge in [-0.1, -0.05) is 56.3 Å². The van der Waals surface area contributed by atoms with E-state index in [1.165, 1.54) is 55.4 Å². The number of aromatic hydroxyl groups is 2. The highest BCUT2D eigenvalue weighted by molar-refractivity contribution is 7.08. The van der Waals surface area contributed by atoms with Gasteiger partial charge in [0, 0.05) is 62.3 Å². The number of ketones is 3. The lowest BCUT2D eigenvalue weighted by molar-refractivity contribution is -0.249. The fourth-order valence-corrected chi connectivity index (χ4v) is 12.2. The lowest BCUT2D eigenvalue weighted by Crippen LogP contribution is -2.60. The van der Waals surface area contributed by atoms with Gasteiger partial charge in [0.1, 0.15) is 59.7 Å². The number of phenolic OH excluding ortho intramolecular Hbond substituents is 2. The van der Waals surface area contributed by atoms with Gasteiger partial charge in [0.15, 0.2) is 17.9 Å². The Labute approximate surface area is 498 Å². The Balaban J connectivity index is 0.990. The third-order valence-corrected chi connectivity index (χ3v) is 16.5. The van der Waals surface area contributed by atoms with Crippen LogP contribution in [-0.2, 0) is 67.1 Å². The van der Waals surface area contributed by atoms with Gasteiger partial charge in [0.2, 0.25) is 47.1 Å². The molecule has 7 amide bonds. The number of aliphatic hydroxyl groups excluding tert-OH is 2. The largest absolute Gasteiger partial charge is 0.507 e. The Hall–Kier alpha value is -8.14. The molecule has 2 aliphatic heterocycles. The summed E-state index contributed by atoms with van der Waals surface area (Å²) in [5.41, 5.74) is -3.34. The Bertz CT molecular complexity index is 3270. The van der Waals surface area contributed by atoms with E-state index in [4.69, 9.17) is 14.2 Å². The Morgan fingerprint density at radius 3 is 2.21 bits per heavy atom. The maximum Gasteiger partial charge on any atom is 0.243 e. The van der Waals surface area contributed by atoms with E-state index in [0.717, 1.165) is 0 Å². The van der Waals surface area contributed by atoms with Crippen molar-refractivity contribution in [3.8, 4) is 17.2 Å². The van der Waals surface area contributed by atoms with Crippen molar-refractivity contribution in [2.75, 3.05) is 33.4 Å². The van der Waals surface area contributed by atoms with Crippen molar-refractivity contribution in [2.45, 2.75) is 139 Å². The van der Waals surface area contributed by atoms with Crippen molar-refractivity contribution in [3.05, 3.63) is 110 Å². The van der Waals surface area contributed by atoms with Crippen LogP contribution in [0.3, 0.4) is 0 Å². The van der Waals surface area contributed by atoms with Crippen molar-refractivity contribution in [3.63, 3.8) is 0 Å². The number of phenols is 2. The average molecular weight is 1210 g/mol. The summed E-state index contributed by atoms with van der Waals surface area (Å²) >= 11 is 1.34. The number of amides is 7. The summed E-state index contributed by atoms with van der Waals surface area (Å²) in [5.74, 6) is -9.13. The standard InChI is InChI=1S/C60H71N7O18S/c1-29(2)19-37(66-59(81)40-14-10-17-67(40)45(72)26-61-31(4)69)56(78)62-25-44(71)63-38(21-33-16-18-86-28-33)57(79)65-39(20-32-11-7-6-8-12-32)58(80)64-36-22-46(84-30(3)51(36)73)85-42-24-60(82,43(70)27-68)23-35-48(42)55(77)50-49(53(35)75)52(74)34-13-9-15-41(83-5)47(34)54(50)76/h6-9,11-13,15-16,18,28-30,36-40,42,46,51,68,73,75,77,82H,10,14,17,19-27H2,1-5H3,(H,61,69)(H,62,78)(H,63,71)(H,64,80)(H,65,79)(H,66,81)/t30-,36-,37-,38-,39-,40-,42-,46-,51+,60-/m0/s1. The molecule has 0 spiro atoms. The molecule has 0 saturated carbocycles. The molecule has 86 heavy (non-hydrogen) atoms. The average Bonchev–Trinajstić information content (AvgIpc) is 0.851. The highest BCUT2D eigenvalue weighted by Crippen LogP contribution is 2.52. The van der Waals surface area contributed by atoms with Crippen molar-refractivity contribution >= 4 is 70.0 Å². The van der Waals surface area contributed by atoms with Crippen LogP contribution in [0.25, 0.3) is 0 Å². The van der Waals surface area contributed by atoms with Crippen LogP contribution >= 0.6 is 11.3 Å². The molecule has 1 aromatic heterocycles. The van der Waals surface area contributed by atoms with E-state index in [1.807, 2.05) is 13.8 Å². The second-order valence-electron chi connectivity index (χ2n) is 22.4. The molecule has 10 atom stereocenters. The van der Waals surface area contributed by atoms with Gasteiger partial charge < -0.3 is 76.5 Å². The third-order valence-electron chi connectivity index (χ3n) is 15.8. The van der Waals surface area contributed by atoms with E-state index in [0.29, 0.717) is 24.0 Å². The van der Waals surface area contributed by atoms with Gasteiger partial charge in [-0.05, 0) is 66.1 Å². The van der Waals surface area contributed by atoms with Crippen molar-refractivity contribution in [1.82, 2.24) is 36.8 Å². The van der Waals surface area contributed by atoms with E-state index in [2.05, 4.69) is 31.9 Å². The van der Waals surface area contributed by atoms with Crippen LogP contribution in [0, 0.1) is 5.92 Å². The number of Topliss-reactive ketones (excluding diaryl/α,β-unsaturated/α-hetero) is 1. The van der Waals surface area contributed by atoms with E-state index < -0.39 is 168 Å². The molecular formula is C60H71N7O18S. The predicted octanol–water partition coefficient (Wildman–Crippen LogP) is 0.450. The second kappa shape index (κ2) is 27.5. The monoisotopic (exact) mass is 1210 g/mol. The van der Waals surface area contributed by atoms with E-state index in [1.54, 1.807) is 47.2 Å². The van der Waals surface area contributed by atoms with Crippen LogP contribution in [0.4, 0.5) is 0 Å². The number of benzene rings is 3. The smallest absolute Gasteiger partial charge is 0.243 e. The van der Waals surface area contributed by atoms with E-state index >= 15 is 0 Å². The van der Waals surface area contributed by atoms with Crippen LogP contribution in [0.15, 0.2) is 65.4 Å². The van der Waals surface area contributed by atoms with Gasteiger partial charge in [-0.3, -0.25) is 47.9 Å². The van der Waals surface area contributed by atoms with Crippen molar-refractivity contribution < 1.29 is 87.7 Å². The predicted molar refractivity (Wildman–Crippen MR) is 306 cm³/mol. The van der Waals surface area contributed by atoms with E-state index in [9.17, 15) is 73.5 Å². The number of nitrogens with zero attached hydrogens (tertiary/aromatic N) is 1. The van der Waals surface area contributed by atoms with Crippen LogP contribution in [0.2, 0.25) is 0 Å². The molecule has 4 aliphatic rings. The Kier molecular flexibility index (Phi) is 20.4. The third kappa shape index (κ3) is 14.2. The van der Waals surface area contributed by atoms with Gasteiger partial charge in [-0.25, -0.2) is 0 Å². The zero-order chi connectivity index (χ0) is 62.3. The lowest BCUT2D eigenvalue weighted by Gasteiger charge is -2.43. The quantitative estimate of drug-likeness (QED) is 0.0396. The summed E-state index contributed by atoms with van der Waals surface area (Å²) in [4.78, 5) is 137. The van der Waals surface area contributed by atoms with E-state index in [-0.39, 0.29) is 72.7 Å². The number of likely N-dealkylation sites (tertiary alicyclic amines) is 1. The minimum atomic E-state index is -2.46. The summed E-state index contributed by atoms with van der Waals surface area (Å²) in [5, 5.41) is 76.8. The normalized spacial score (nSPS) is 22.5. The number of hydrogen-bond acceptors (Lipinski definition) is 19. The SMILES string of the molecule is COc1cccc2c1C(=O)c1c(O)c3c(c(O)c1C2=O)C[C@@](O)(C(=O)CO)C[C@@H]3O[C@H]1C[C@H](NC(=O)[C@H](Cc2ccccc2)NC(=O)[C@H](Cc2ccsc2)NC(=O)CNC(=O)[C@H](CC(C)C)NC(=O)[C@@H]2CCCN2C(=O)CNC(C)=O)[C@H](O)[C@H](C)O1. The lowest BCUT2D eigenvalue weighted by atomic mass is 9.72. The summed E-state index contributed by atoms with van der Waals surface area (Å²) < 4.78 is 17.8. The molecule has 2 aliphatic carbocycles. The summed E-state index contributed by atoms with van der Waals surface area (Å²) in [7, 11) is 1.28. The number of nitrogens with one attached hydrogen (secondary N) is 6. The maximum absolute atomic E-state index is 14.7. The summed E-state index contributed by atoms with van der Waals surface area (Å²) in [6.07, 6.45) is -6.50. The number of aliphatic hydroxyl groups is 3. The van der Waals surface area contributed by atoms with Crippen molar-refractivity contribution in [1.29, 1.82) is 0 Å². The first-order chi connectivity index (χ1) is 40.9. The molecule has 0 radical (unpaired) electrons. The number of ether oxygens (including phenoxy) is 3. The number of thiophene rings is 1. The first-order valence-corrected chi connectivity index (χ1v) is 29.2. The summed E-state index contributed by atoms with van der Waals surface area (Å²) in [6.45, 7) is 4.59. The maximum atomic E-state index is 14.7. The Morgan fingerprint density at radius 1 is 0.826 bits per heavy atom. The minimum absolute atomic E-state index is 0.00694. The minimum Gasteiger partial charge on any atom is -0.507 e. The van der Waals surface area contributed by atoms with Crippen LogP contribution in [-0.4, -0.2) is 177 Å². The second-order valence-corrected chi connectivity index (χ2v) is 23.2. The number of fused-ring (bicyclic) bond motifs is 3. The summed E-state index contributed by atoms with van der Waals surface area (Å²) in [6, 6.07) is 8.65. The molecule has 2 saturated heterocycles. The molecular weight excluding hydrogens is 1140 g/mol. The van der Waals surface area contributed by atoms with Crippen LogP contribution < -0.4 is 36.6 Å². The number of carbonyl (C=O) groups is 10. The molecule has 460 valence electrons. The number of rotatable bonds is 23. The molecule has 25 nitrogen and oxygen atoms in total. The zero-order valence-corrected chi connectivity index (χ0v) is 48.8. The molecule has 8 rings (SSSR count). The molecule has 2 fully saturated rings. The molecule has 26 heteroatoms. The van der Waals surface area contributed by atoms with Crippen LogP contribution in [0.1, 0.15) is 120 Å². The van der Waals surface area contributed by atoms with Gasteiger partial charge in [0.25, 0.3) is 0 Å². The van der Waals surface area contributed by atoms with Gasteiger partial charge in [0.05, 0.1) is 55.1 Å². The first-order valence-electron chi connectivity index (χ1n) is 28.2. The Morgan fingerprint density at radius 2 is 1.53 bits per heavy atom. The van der Waals surface area contributed by atoms with Crippen LogP contribution in [0.5, 0.6) is 17.2 Å². The molecule has 11 N–H and O–H groups in total. The molecule has 4 aromatic rings. The van der Waals surface area contributed by atoms with Crippen molar-refractivity contribution in [2.24, 2.45) is 5.92 Å². The molecule has 3 aromatic carbocycles. The zero-order valence-electron chi connectivity index (χ0n) is 48.0. The molecule has 0 unspecified atom stereocenters. The molecule has 3 heterocycles. The topological polar surface area (TPSA) is 375 Å². The number of hydrogen-bond donors (Lipinski definition) is 11. The van der Waals surface area contributed by atoms with Gasteiger partial charge in [-0.2, -0.15) is 11.3 Å². The van der Waals surface area contributed by atoms with Gasteiger partial charge >= 0.3 is 0 Å². The number of methoxy groups -OCH3 is 1.